The van der Waals surface area contributed by atoms with Gasteiger partial charge in [0.1, 0.15) is 11.6 Å². The summed E-state index contributed by atoms with van der Waals surface area (Å²) in [6.07, 6.45) is 0. The summed E-state index contributed by atoms with van der Waals surface area (Å²) in [7, 11) is 0. The van der Waals surface area contributed by atoms with Crippen LogP contribution in [0, 0.1) is 0 Å². The Bertz CT molecular complexity index is 1030. The number of halogens is 1. The number of anilines is 4. The number of amides is 1. The fourth-order valence-electron chi connectivity index (χ4n) is 2.71. The first kappa shape index (κ1) is 18.0. The number of carbonyl (C=O) groups excluding carboxylic acids is 1. The van der Waals surface area contributed by atoms with Gasteiger partial charge in [-0.1, -0.05) is 47.3 Å². The third-order valence-corrected chi connectivity index (χ3v) is 6.00. The largest absolute Gasteiger partial charge is 0.383 e. The zero-order valence-corrected chi connectivity index (χ0v) is 16.3. The van der Waals surface area contributed by atoms with Crippen LogP contribution in [0.1, 0.15) is 0 Å². The number of hydrogen-bond acceptors (Lipinski definition) is 7. The van der Waals surface area contributed by atoms with Crippen LogP contribution in [-0.4, -0.2) is 21.6 Å². The van der Waals surface area contributed by atoms with Crippen molar-refractivity contribution in [2.45, 2.75) is 14.9 Å². The Morgan fingerprint density at radius 1 is 1.04 bits per heavy atom. The minimum absolute atomic E-state index is 0.110. The summed E-state index contributed by atoms with van der Waals surface area (Å²) in [4.78, 5) is 25.0. The van der Waals surface area contributed by atoms with E-state index in [1.165, 1.54) is 17.8 Å². The number of benzene rings is 2. The molecule has 0 aliphatic carbocycles. The number of nitrogens with two attached hydrogens (primary N) is 2. The third kappa shape index (κ3) is 3.69. The average molecular weight is 416 g/mol. The molecule has 6 nitrogen and oxygen atoms in total. The molecule has 0 saturated carbocycles. The lowest BCUT2D eigenvalue weighted by Gasteiger charge is -2.31. The van der Waals surface area contributed by atoms with Crippen molar-refractivity contribution in [2.75, 3.05) is 22.1 Å². The predicted molar refractivity (Wildman–Crippen MR) is 111 cm³/mol. The monoisotopic (exact) mass is 415 g/mol. The van der Waals surface area contributed by atoms with Crippen molar-refractivity contribution in [2.24, 2.45) is 0 Å². The number of aromatic nitrogens is 2. The number of fused-ring (bicyclic) bond motifs is 2. The van der Waals surface area contributed by atoms with E-state index in [-0.39, 0.29) is 23.3 Å². The van der Waals surface area contributed by atoms with Gasteiger partial charge in [0.15, 0.2) is 5.16 Å². The minimum atomic E-state index is -0.110. The second-order valence-corrected chi connectivity index (χ2v) is 8.16. The van der Waals surface area contributed by atoms with E-state index >= 15 is 0 Å². The molecule has 2 aromatic carbocycles. The maximum Gasteiger partial charge on any atom is 0.242 e. The van der Waals surface area contributed by atoms with Crippen molar-refractivity contribution >= 4 is 64.0 Å². The van der Waals surface area contributed by atoms with Gasteiger partial charge in [-0.2, -0.15) is 0 Å². The van der Waals surface area contributed by atoms with Crippen molar-refractivity contribution in [3.63, 3.8) is 0 Å². The molecule has 9 heteroatoms. The fourth-order valence-corrected chi connectivity index (χ4v) is 4.64. The molecule has 3 aromatic rings. The van der Waals surface area contributed by atoms with Crippen LogP contribution in [0.15, 0.2) is 63.5 Å². The second kappa shape index (κ2) is 7.30. The van der Waals surface area contributed by atoms with Crippen LogP contribution in [0.2, 0.25) is 5.02 Å². The third-order valence-electron chi connectivity index (χ3n) is 3.81. The lowest BCUT2D eigenvalue weighted by atomic mass is 10.2. The van der Waals surface area contributed by atoms with Gasteiger partial charge in [0.05, 0.1) is 17.1 Å². The topological polar surface area (TPSA) is 98.1 Å². The van der Waals surface area contributed by atoms with Gasteiger partial charge in [0.2, 0.25) is 5.91 Å². The molecule has 2 heterocycles. The number of para-hydroxylation sites is 1. The molecule has 0 bridgehead atoms. The van der Waals surface area contributed by atoms with E-state index in [1.54, 1.807) is 22.7 Å². The number of rotatable bonds is 3. The van der Waals surface area contributed by atoms with Crippen molar-refractivity contribution < 1.29 is 4.79 Å². The fraction of sp³-hybridized carbons (Fsp3) is 0.0556. The highest BCUT2D eigenvalue weighted by Gasteiger charge is 2.28. The molecule has 1 amide bonds. The van der Waals surface area contributed by atoms with Gasteiger partial charge in [-0.3, -0.25) is 9.69 Å². The molecule has 4 rings (SSSR count). The number of thioether (sulfide) groups is 1. The molecule has 0 atom stereocenters. The van der Waals surface area contributed by atoms with E-state index in [0.29, 0.717) is 10.2 Å². The Morgan fingerprint density at radius 2 is 1.74 bits per heavy atom. The van der Waals surface area contributed by atoms with Gasteiger partial charge in [-0.05, 0) is 30.3 Å². The van der Waals surface area contributed by atoms with Gasteiger partial charge in [-0.25, -0.2) is 9.97 Å². The Morgan fingerprint density at radius 3 is 2.52 bits per heavy atom. The summed E-state index contributed by atoms with van der Waals surface area (Å²) in [5.41, 5.74) is 13.0. The van der Waals surface area contributed by atoms with Crippen LogP contribution in [-0.2, 0) is 4.79 Å². The smallest absolute Gasteiger partial charge is 0.242 e. The summed E-state index contributed by atoms with van der Waals surface area (Å²) in [5, 5.41) is 0.943. The predicted octanol–water partition coefficient (Wildman–Crippen LogP) is 4.22. The normalized spacial score (nSPS) is 12.4. The molecule has 4 N–H and O–H groups in total. The first-order valence-corrected chi connectivity index (χ1v) is 10.1. The Kier molecular flexibility index (Phi) is 4.86. The zero-order chi connectivity index (χ0) is 19.0. The van der Waals surface area contributed by atoms with Crippen LogP contribution in [0.3, 0.4) is 0 Å². The average Bonchev–Trinajstić information content (AvgIpc) is 2.63. The molecule has 1 aliphatic rings. The first-order valence-electron chi connectivity index (χ1n) is 7.93. The molecule has 0 saturated heterocycles. The van der Waals surface area contributed by atoms with E-state index in [1.807, 2.05) is 36.4 Å². The van der Waals surface area contributed by atoms with Crippen LogP contribution < -0.4 is 16.4 Å². The molecule has 0 radical (unpaired) electrons. The summed E-state index contributed by atoms with van der Waals surface area (Å²) >= 11 is 8.99. The summed E-state index contributed by atoms with van der Waals surface area (Å²) in [5.74, 6) is 0.567. The van der Waals surface area contributed by atoms with Crippen LogP contribution >= 0.6 is 35.1 Å². The highest BCUT2D eigenvalue weighted by atomic mass is 35.5. The van der Waals surface area contributed by atoms with Gasteiger partial charge >= 0.3 is 0 Å². The Labute approximate surface area is 169 Å². The van der Waals surface area contributed by atoms with Crippen LogP contribution in [0.25, 0.3) is 0 Å². The molecular weight excluding hydrogens is 402 g/mol. The number of carbonyl (C=O) groups is 1. The second-order valence-electron chi connectivity index (χ2n) is 5.70. The lowest BCUT2D eigenvalue weighted by Crippen LogP contribution is -2.30. The van der Waals surface area contributed by atoms with Crippen LogP contribution in [0.5, 0.6) is 0 Å². The van der Waals surface area contributed by atoms with E-state index < -0.39 is 0 Å². The molecule has 0 spiro atoms. The maximum atomic E-state index is 13.1. The van der Waals surface area contributed by atoms with Crippen molar-refractivity contribution in [3.05, 3.63) is 53.6 Å². The van der Waals surface area contributed by atoms with E-state index in [9.17, 15) is 4.79 Å². The van der Waals surface area contributed by atoms with E-state index in [2.05, 4.69) is 9.97 Å². The highest BCUT2D eigenvalue weighted by molar-refractivity contribution is 8.00. The zero-order valence-electron chi connectivity index (χ0n) is 13.9. The van der Waals surface area contributed by atoms with Gasteiger partial charge < -0.3 is 11.5 Å². The SMILES string of the molecule is Nc1cc(N)nc(SCC(=O)N2c3ccccc3Sc3ccc(Cl)cc32)n1. The summed E-state index contributed by atoms with van der Waals surface area (Å²) < 4.78 is 0. The van der Waals surface area contributed by atoms with Gasteiger partial charge in [-0.15, -0.1) is 0 Å². The maximum absolute atomic E-state index is 13.1. The van der Waals surface area contributed by atoms with Gasteiger partial charge in [0, 0.05) is 20.9 Å². The standard InChI is InChI=1S/C18H14ClN5OS2/c19-10-5-6-14-12(7-10)24(11-3-1-2-4-13(11)27-14)17(25)9-26-18-22-15(20)8-16(21)23-18/h1-8H,9H2,(H4,20,21,22,23). The molecular formula is C18H14ClN5OS2. The lowest BCUT2D eigenvalue weighted by molar-refractivity contribution is -0.115. The van der Waals surface area contributed by atoms with Crippen LogP contribution in [0.4, 0.5) is 23.0 Å². The summed E-state index contributed by atoms with van der Waals surface area (Å²) in [6.45, 7) is 0. The highest BCUT2D eigenvalue weighted by Crippen LogP contribution is 2.48. The number of nitrogens with zero attached hydrogens (tertiary/aromatic N) is 3. The molecule has 0 fully saturated rings. The summed E-state index contributed by atoms with van der Waals surface area (Å²) in [6, 6.07) is 14.8. The van der Waals surface area contributed by atoms with E-state index in [0.717, 1.165) is 21.2 Å². The van der Waals surface area contributed by atoms with Crippen molar-refractivity contribution in [3.8, 4) is 0 Å². The Balaban J connectivity index is 1.66. The molecule has 136 valence electrons. The Hall–Kier alpha value is -2.42. The molecule has 27 heavy (non-hydrogen) atoms. The molecule has 0 unspecified atom stereocenters. The van der Waals surface area contributed by atoms with Gasteiger partial charge in [0.25, 0.3) is 0 Å². The number of hydrogen-bond donors (Lipinski definition) is 2. The molecule has 1 aromatic heterocycles. The van der Waals surface area contributed by atoms with Crippen molar-refractivity contribution in [1.29, 1.82) is 0 Å². The quantitative estimate of drug-likeness (QED) is 0.488. The van der Waals surface area contributed by atoms with Crippen molar-refractivity contribution in [1.82, 2.24) is 9.97 Å². The first-order chi connectivity index (χ1) is 13.0. The number of nitrogen functional groups attached to an aromatic ring is 2. The molecule has 1 aliphatic heterocycles. The minimum Gasteiger partial charge on any atom is -0.383 e. The van der Waals surface area contributed by atoms with E-state index in [4.69, 9.17) is 23.1 Å².